The maximum atomic E-state index is 12.5. The van der Waals surface area contributed by atoms with Crippen molar-refractivity contribution < 1.29 is 19.1 Å². The van der Waals surface area contributed by atoms with Crippen LogP contribution in [0.25, 0.3) is 0 Å². The number of carbonyl (C=O) groups is 2. The van der Waals surface area contributed by atoms with Crippen molar-refractivity contribution in [3.05, 3.63) is 35.9 Å². The number of esters is 1. The lowest BCUT2D eigenvalue weighted by atomic mass is 10.1. The number of benzene rings is 1. The number of hydrogen-bond acceptors (Lipinski definition) is 4. The van der Waals surface area contributed by atoms with E-state index in [-0.39, 0.29) is 6.10 Å². The molecule has 0 aliphatic heterocycles. The largest absolute Gasteiger partial charge is 0.461 e. The number of amides is 1. The predicted octanol–water partition coefficient (Wildman–Crippen LogP) is 3.61. The molecular formula is C19H27NO4. The van der Waals surface area contributed by atoms with Crippen LogP contribution in [-0.2, 0) is 20.7 Å². The van der Waals surface area contributed by atoms with E-state index in [2.05, 4.69) is 5.32 Å². The molecule has 5 heteroatoms. The number of carbonyl (C=O) groups excluding carboxylic acids is 2. The van der Waals surface area contributed by atoms with Crippen LogP contribution in [0.15, 0.2) is 30.3 Å². The van der Waals surface area contributed by atoms with E-state index < -0.39 is 23.7 Å². The fraction of sp³-hybridized carbons (Fsp3) is 0.579. The van der Waals surface area contributed by atoms with Gasteiger partial charge in [0, 0.05) is 6.42 Å². The molecule has 1 fully saturated rings. The van der Waals surface area contributed by atoms with Gasteiger partial charge in [-0.05, 0) is 52.0 Å². The van der Waals surface area contributed by atoms with E-state index in [1.165, 1.54) is 0 Å². The molecule has 0 heterocycles. The lowest BCUT2D eigenvalue weighted by Gasteiger charge is -2.24. The van der Waals surface area contributed by atoms with Crippen molar-refractivity contribution in [3.63, 3.8) is 0 Å². The first kappa shape index (κ1) is 18.3. The first-order chi connectivity index (χ1) is 11.3. The second kappa shape index (κ2) is 8.18. The molecule has 1 aromatic rings. The summed E-state index contributed by atoms with van der Waals surface area (Å²) in [5.41, 5.74) is 0.346. The fourth-order valence-corrected chi connectivity index (χ4v) is 2.75. The maximum absolute atomic E-state index is 12.5. The third-order valence-corrected chi connectivity index (χ3v) is 3.84. The summed E-state index contributed by atoms with van der Waals surface area (Å²) in [5.74, 6) is -0.392. The Bertz CT molecular complexity index is 544. The molecule has 1 atom stereocenters. The molecule has 1 amide bonds. The van der Waals surface area contributed by atoms with Crippen molar-refractivity contribution in [2.45, 2.75) is 70.6 Å². The number of hydrogen-bond donors (Lipinski definition) is 1. The number of rotatable bonds is 5. The Morgan fingerprint density at radius 3 is 2.38 bits per heavy atom. The molecule has 0 saturated heterocycles. The zero-order chi connectivity index (χ0) is 17.6. The summed E-state index contributed by atoms with van der Waals surface area (Å²) in [7, 11) is 0. The van der Waals surface area contributed by atoms with Crippen molar-refractivity contribution >= 4 is 12.1 Å². The molecule has 0 radical (unpaired) electrons. The molecule has 0 spiro atoms. The zero-order valence-corrected chi connectivity index (χ0v) is 14.7. The Kier molecular flexibility index (Phi) is 6.23. The summed E-state index contributed by atoms with van der Waals surface area (Å²) >= 11 is 0. The molecule has 1 aromatic carbocycles. The van der Waals surface area contributed by atoms with E-state index >= 15 is 0 Å². The Hall–Kier alpha value is -2.04. The van der Waals surface area contributed by atoms with E-state index in [0.717, 1.165) is 31.2 Å². The molecule has 1 aliphatic carbocycles. The first-order valence-corrected chi connectivity index (χ1v) is 8.57. The summed E-state index contributed by atoms with van der Waals surface area (Å²) in [6, 6.07) is 8.82. The highest BCUT2D eigenvalue weighted by Gasteiger charge is 2.28. The van der Waals surface area contributed by atoms with E-state index in [0.29, 0.717) is 6.42 Å². The molecule has 24 heavy (non-hydrogen) atoms. The Morgan fingerprint density at radius 1 is 1.17 bits per heavy atom. The van der Waals surface area contributed by atoms with Crippen LogP contribution in [-0.4, -0.2) is 29.8 Å². The molecular weight excluding hydrogens is 306 g/mol. The van der Waals surface area contributed by atoms with Crippen molar-refractivity contribution in [2.75, 3.05) is 0 Å². The van der Waals surface area contributed by atoms with Crippen LogP contribution in [0.3, 0.4) is 0 Å². The zero-order valence-electron chi connectivity index (χ0n) is 14.7. The van der Waals surface area contributed by atoms with Gasteiger partial charge in [0.25, 0.3) is 0 Å². The van der Waals surface area contributed by atoms with Crippen LogP contribution < -0.4 is 5.32 Å². The SMILES string of the molecule is CC(C)(C)OC(=O)NC(Cc1ccccc1)C(=O)OC1CCCC1. The van der Waals surface area contributed by atoms with E-state index in [9.17, 15) is 9.59 Å². The van der Waals surface area contributed by atoms with Crippen molar-refractivity contribution in [3.8, 4) is 0 Å². The third kappa shape index (κ3) is 6.22. The Balaban J connectivity index is 2.02. The molecule has 1 saturated carbocycles. The number of nitrogens with one attached hydrogen (secondary N) is 1. The molecule has 0 aromatic heterocycles. The number of ether oxygens (including phenoxy) is 2. The van der Waals surface area contributed by atoms with Gasteiger partial charge in [-0.15, -0.1) is 0 Å². The van der Waals surface area contributed by atoms with Gasteiger partial charge in [-0.3, -0.25) is 0 Å². The quantitative estimate of drug-likeness (QED) is 0.836. The van der Waals surface area contributed by atoms with Gasteiger partial charge in [0.1, 0.15) is 17.7 Å². The standard InChI is InChI=1S/C19H27NO4/c1-19(2,3)24-18(22)20-16(13-14-9-5-4-6-10-14)17(21)23-15-11-7-8-12-15/h4-6,9-10,15-16H,7-8,11-13H2,1-3H3,(H,20,22). The summed E-state index contributed by atoms with van der Waals surface area (Å²) < 4.78 is 10.8. The monoisotopic (exact) mass is 333 g/mol. The molecule has 132 valence electrons. The predicted molar refractivity (Wildman–Crippen MR) is 91.7 cm³/mol. The number of alkyl carbamates (subject to hydrolysis) is 1. The summed E-state index contributed by atoms with van der Waals surface area (Å²) in [4.78, 5) is 24.6. The second-order valence-corrected chi connectivity index (χ2v) is 7.23. The normalized spacial score (nSPS) is 16.5. The Morgan fingerprint density at radius 2 is 1.79 bits per heavy atom. The van der Waals surface area contributed by atoms with Gasteiger partial charge in [0.15, 0.2) is 0 Å². The highest BCUT2D eigenvalue weighted by Crippen LogP contribution is 2.21. The van der Waals surface area contributed by atoms with Crippen molar-refractivity contribution in [1.29, 1.82) is 0 Å². The van der Waals surface area contributed by atoms with E-state index in [1.807, 2.05) is 30.3 Å². The van der Waals surface area contributed by atoms with Gasteiger partial charge in [0.05, 0.1) is 0 Å². The minimum atomic E-state index is -0.747. The van der Waals surface area contributed by atoms with E-state index in [1.54, 1.807) is 20.8 Å². The van der Waals surface area contributed by atoms with Gasteiger partial charge in [0.2, 0.25) is 0 Å². The maximum Gasteiger partial charge on any atom is 0.408 e. The molecule has 1 aliphatic rings. The molecule has 1 N–H and O–H groups in total. The van der Waals surface area contributed by atoms with Gasteiger partial charge in [-0.1, -0.05) is 30.3 Å². The van der Waals surface area contributed by atoms with Crippen LogP contribution >= 0.6 is 0 Å². The van der Waals surface area contributed by atoms with Crippen LogP contribution in [0.5, 0.6) is 0 Å². The second-order valence-electron chi connectivity index (χ2n) is 7.23. The average Bonchev–Trinajstić information content (AvgIpc) is 2.98. The van der Waals surface area contributed by atoms with Crippen molar-refractivity contribution in [2.24, 2.45) is 0 Å². The molecule has 1 unspecified atom stereocenters. The minimum absolute atomic E-state index is 0.0313. The highest BCUT2D eigenvalue weighted by atomic mass is 16.6. The van der Waals surface area contributed by atoms with Gasteiger partial charge in [-0.2, -0.15) is 0 Å². The van der Waals surface area contributed by atoms with Gasteiger partial charge >= 0.3 is 12.1 Å². The average molecular weight is 333 g/mol. The lowest BCUT2D eigenvalue weighted by molar-refractivity contribution is -0.151. The summed E-state index contributed by atoms with van der Waals surface area (Å²) in [6.45, 7) is 5.36. The third-order valence-electron chi connectivity index (χ3n) is 3.84. The molecule has 2 rings (SSSR count). The van der Waals surface area contributed by atoms with Crippen LogP contribution in [0.2, 0.25) is 0 Å². The van der Waals surface area contributed by atoms with Gasteiger partial charge < -0.3 is 14.8 Å². The summed E-state index contributed by atoms with van der Waals surface area (Å²) in [5, 5.41) is 2.66. The van der Waals surface area contributed by atoms with Crippen LogP contribution in [0.1, 0.15) is 52.0 Å². The van der Waals surface area contributed by atoms with E-state index in [4.69, 9.17) is 9.47 Å². The molecule has 0 bridgehead atoms. The van der Waals surface area contributed by atoms with Crippen molar-refractivity contribution in [1.82, 2.24) is 5.32 Å². The van der Waals surface area contributed by atoms with Crippen LogP contribution in [0.4, 0.5) is 4.79 Å². The fourth-order valence-electron chi connectivity index (χ4n) is 2.75. The Labute approximate surface area is 143 Å². The smallest absolute Gasteiger partial charge is 0.408 e. The lowest BCUT2D eigenvalue weighted by Crippen LogP contribution is -2.46. The highest BCUT2D eigenvalue weighted by molar-refractivity contribution is 5.82. The summed E-state index contributed by atoms with van der Waals surface area (Å²) in [6.07, 6.45) is 3.71. The topological polar surface area (TPSA) is 64.6 Å². The first-order valence-electron chi connectivity index (χ1n) is 8.57. The molecule has 5 nitrogen and oxygen atoms in total. The van der Waals surface area contributed by atoms with Gasteiger partial charge in [-0.25, -0.2) is 9.59 Å². The minimum Gasteiger partial charge on any atom is -0.461 e. The van der Waals surface area contributed by atoms with Crippen LogP contribution in [0, 0.1) is 0 Å².